The number of anilines is 2. The highest BCUT2D eigenvalue weighted by Gasteiger charge is 2.30. The van der Waals surface area contributed by atoms with Crippen LogP contribution in [0.1, 0.15) is 60.8 Å². The number of nitrogens with zero attached hydrogens (tertiary/aromatic N) is 2. The van der Waals surface area contributed by atoms with Gasteiger partial charge in [0.1, 0.15) is 11.8 Å². The number of ether oxygens (including phenoxy) is 1. The van der Waals surface area contributed by atoms with Crippen molar-refractivity contribution >= 4 is 23.5 Å². The number of amides is 2. The Morgan fingerprint density at radius 3 is 3.04 bits per heavy atom. The Morgan fingerprint density at radius 2 is 2.21 bits per heavy atom. The number of nitrogens with one attached hydrogen (secondary N) is 4. The molecule has 2 atom stereocenters. The number of carbonyl (C=O) groups excluding carboxylic acids is 2. The fraction of sp³-hybridized carbons (Fsp3) is 0.474. The normalized spacial score (nSPS) is 20.8. The van der Waals surface area contributed by atoms with E-state index in [1.54, 1.807) is 6.20 Å². The number of aromatic nitrogens is 3. The number of aromatic amines is 1. The highest BCUT2D eigenvalue weighted by Crippen LogP contribution is 2.36. The average Bonchev–Trinajstić information content (AvgIpc) is 3.36. The van der Waals surface area contributed by atoms with E-state index >= 15 is 0 Å². The third-order valence-corrected chi connectivity index (χ3v) is 5.06. The molecule has 28 heavy (non-hydrogen) atoms. The van der Waals surface area contributed by atoms with Crippen molar-refractivity contribution in [3.63, 3.8) is 0 Å². The first kappa shape index (κ1) is 18.3. The van der Waals surface area contributed by atoms with Gasteiger partial charge in [-0.2, -0.15) is 5.10 Å². The van der Waals surface area contributed by atoms with Gasteiger partial charge < -0.3 is 20.7 Å². The zero-order chi connectivity index (χ0) is 19.7. The highest BCUT2D eigenvalue weighted by atomic mass is 16.6. The first-order valence-electron chi connectivity index (χ1n) is 9.55. The van der Waals surface area contributed by atoms with Crippen molar-refractivity contribution in [2.75, 3.05) is 5.32 Å². The molecule has 1 saturated carbocycles. The van der Waals surface area contributed by atoms with E-state index in [-0.39, 0.29) is 30.1 Å². The SMILES string of the molecule is CC(C)NC(=O)O[C@@H]1CC[C@H](c2cc(Nc3ccnc4c3CNC4=O)n[nH]2)C1. The van der Waals surface area contributed by atoms with Crippen LogP contribution >= 0.6 is 0 Å². The lowest BCUT2D eigenvalue weighted by molar-refractivity contribution is 0.0958. The van der Waals surface area contributed by atoms with Crippen LogP contribution in [0.4, 0.5) is 16.3 Å². The lowest BCUT2D eigenvalue weighted by Crippen LogP contribution is -2.33. The summed E-state index contributed by atoms with van der Waals surface area (Å²) in [5, 5.41) is 16.2. The summed E-state index contributed by atoms with van der Waals surface area (Å²) in [6.45, 7) is 4.27. The van der Waals surface area contributed by atoms with E-state index in [0.717, 1.165) is 36.2 Å². The van der Waals surface area contributed by atoms with E-state index in [1.807, 2.05) is 26.0 Å². The molecule has 2 aromatic heterocycles. The molecule has 1 aliphatic heterocycles. The molecule has 0 bridgehead atoms. The lowest BCUT2D eigenvalue weighted by atomic mass is 10.0. The van der Waals surface area contributed by atoms with Gasteiger partial charge in [0.15, 0.2) is 5.82 Å². The number of carbonyl (C=O) groups is 2. The van der Waals surface area contributed by atoms with Crippen LogP contribution in [0.25, 0.3) is 0 Å². The molecule has 1 fully saturated rings. The van der Waals surface area contributed by atoms with Crippen LogP contribution in [-0.4, -0.2) is 39.3 Å². The molecule has 148 valence electrons. The zero-order valence-corrected chi connectivity index (χ0v) is 15.9. The van der Waals surface area contributed by atoms with Gasteiger partial charge in [-0.3, -0.25) is 14.9 Å². The topological polar surface area (TPSA) is 121 Å². The summed E-state index contributed by atoms with van der Waals surface area (Å²) in [5.74, 6) is 0.802. The quantitative estimate of drug-likeness (QED) is 0.629. The Morgan fingerprint density at radius 1 is 1.36 bits per heavy atom. The summed E-state index contributed by atoms with van der Waals surface area (Å²) >= 11 is 0. The summed E-state index contributed by atoms with van der Waals surface area (Å²) in [6.07, 6.45) is 3.72. The second kappa shape index (κ2) is 7.49. The molecule has 0 aromatic carbocycles. The van der Waals surface area contributed by atoms with Crippen molar-refractivity contribution < 1.29 is 14.3 Å². The number of fused-ring (bicyclic) bond motifs is 1. The molecule has 9 heteroatoms. The Bertz CT molecular complexity index is 894. The van der Waals surface area contributed by atoms with Crippen LogP contribution in [0.5, 0.6) is 0 Å². The summed E-state index contributed by atoms with van der Waals surface area (Å²) in [6, 6.07) is 3.87. The monoisotopic (exact) mass is 384 g/mol. The van der Waals surface area contributed by atoms with E-state index in [0.29, 0.717) is 18.1 Å². The average molecular weight is 384 g/mol. The van der Waals surface area contributed by atoms with Crippen LogP contribution in [-0.2, 0) is 11.3 Å². The minimum absolute atomic E-state index is 0.0612. The van der Waals surface area contributed by atoms with Gasteiger partial charge >= 0.3 is 6.09 Å². The van der Waals surface area contributed by atoms with Gasteiger partial charge in [0, 0.05) is 47.7 Å². The minimum atomic E-state index is -0.359. The van der Waals surface area contributed by atoms with Crippen molar-refractivity contribution in [1.29, 1.82) is 0 Å². The highest BCUT2D eigenvalue weighted by molar-refractivity contribution is 5.98. The predicted octanol–water partition coefficient (Wildman–Crippen LogP) is 2.56. The van der Waals surface area contributed by atoms with Crippen LogP contribution in [0.2, 0.25) is 0 Å². The largest absolute Gasteiger partial charge is 0.446 e. The first-order valence-corrected chi connectivity index (χ1v) is 9.55. The van der Waals surface area contributed by atoms with E-state index < -0.39 is 0 Å². The van der Waals surface area contributed by atoms with E-state index in [2.05, 4.69) is 31.1 Å². The van der Waals surface area contributed by atoms with Gasteiger partial charge in [-0.15, -0.1) is 0 Å². The Hall–Kier alpha value is -3.10. The van der Waals surface area contributed by atoms with Gasteiger partial charge in [-0.05, 0) is 39.2 Å². The molecule has 2 aliphatic rings. The number of pyridine rings is 1. The number of rotatable bonds is 5. The molecule has 0 saturated heterocycles. The summed E-state index contributed by atoms with van der Waals surface area (Å²) < 4.78 is 5.49. The maximum absolute atomic E-state index is 11.8. The zero-order valence-electron chi connectivity index (χ0n) is 15.9. The standard InChI is InChI=1S/C19H24N6O3/c1-10(2)22-19(27)28-12-4-3-11(7-12)15-8-16(25-24-15)23-14-5-6-20-17-13(14)9-21-18(17)26/h5-6,8,10-12H,3-4,7,9H2,1-2H3,(H,21,26)(H,22,27)(H2,20,23,24,25)/t11-,12+/m0/s1. The van der Waals surface area contributed by atoms with Crippen LogP contribution in [0.3, 0.4) is 0 Å². The summed E-state index contributed by atoms with van der Waals surface area (Å²) in [7, 11) is 0. The molecule has 2 aromatic rings. The molecule has 4 N–H and O–H groups in total. The molecule has 9 nitrogen and oxygen atoms in total. The van der Waals surface area contributed by atoms with Gasteiger partial charge in [0.25, 0.3) is 5.91 Å². The third kappa shape index (κ3) is 3.78. The van der Waals surface area contributed by atoms with Crippen molar-refractivity contribution in [1.82, 2.24) is 25.8 Å². The fourth-order valence-corrected chi connectivity index (χ4v) is 3.74. The van der Waals surface area contributed by atoms with Crippen molar-refractivity contribution in [3.8, 4) is 0 Å². The summed E-state index contributed by atoms with van der Waals surface area (Å²) in [5.41, 5.74) is 3.14. The van der Waals surface area contributed by atoms with Crippen molar-refractivity contribution in [2.24, 2.45) is 0 Å². The van der Waals surface area contributed by atoms with E-state index in [1.165, 1.54) is 0 Å². The number of alkyl carbamates (subject to hydrolysis) is 1. The third-order valence-electron chi connectivity index (χ3n) is 5.06. The van der Waals surface area contributed by atoms with Crippen molar-refractivity contribution in [3.05, 3.63) is 35.3 Å². The molecule has 0 radical (unpaired) electrons. The van der Waals surface area contributed by atoms with Crippen LogP contribution < -0.4 is 16.0 Å². The van der Waals surface area contributed by atoms with Gasteiger partial charge in [-0.25, -0.2) is 4.79 Å². The second-order valence-electron chi connectivity index (χ2n) is 7.54. The second-order valence-corrected chi connectivity index (χ2v) is 7.54. The van der Waals surface area contributed by atoms with Crippen LogP contribution in [0, 0.1) is 0 Å². The minimum Gasteiger partial charge on any atom is -0.446 e. The van der Waals surface area contributed by atoms with E-state index in [4.69, 9.17) is 4.74 Å². The van der Waals surface area contributed by atoms with Gasteiger partial charge in [0.05, 0.1) is 0 Å². The van der Waals surface area contributed by atoms with Gasteiger partial charge in [0.2, 0.25) is 0 Å². The van der Waals surface area contributed by atoms with E-state index in [9.17, 15) is 9.59 Å². The maximum atomic E-state index is 11.8. The molecular weight excluding hydrogens is 360 g/mol. The fourth-order valence-electron chi connectivity index (χ4n) is 3.74. The first-order chi connectivity index (χ1) is 13.5. The predicted molar refractivity (Wildman–Crippen MR) is 102 cm³/mol. The number of hydrogen-bond acceptors (Lipinski definition) is 6. The summed E-state index contributed by atoms with van der Waals surface area (Å²) in [4.78, 5) is 27.7. The smallest absolute Gasteiger partial charge is 0.407 e. The number of hydrogen-bond donors (Lipinski definition) is 4. The Balaban J connectivity index is 1.38. The Labute approximate surface area is 162 Å². The number of H-pyrrole nitrogens is 1. The Kier molecular flexibility index (Phi) is 4.89. The molecule has 4 rings (SSSR count). The van der Waals surface area contributed by atoms with Crippen LogP contribution in [0.15, 0.2) is 18.3 Å². The van der Waals surface area contributed by atoms with Crippen molar-refractivity contribution in [2.45, 2.75) is 57.7 Å². The maximum Gasteiger partial charge on any atom is 0.407 e. The molecule has 0 unspecified atom stereocenters. The molecule has 2 amide bonds. The molecule has 1 aliphatic carbocycles. The molecular formula is C19H24N6O3. The molecule has 3 heterocycles. The van der Waals surface area contributed by atoms with Gasteiger partial charge in [-0.1, -0.05) is 0 Å². The lowest BCUT2D eigenvalue weighted by Gasteiger charge is -2.14. The molecule has 0 spiro atoms.